The fraction of sp³-hybridized carbons (Fsp3) is 0.520. The van der Waals surface area contributed by atoms with E-state index in [9.17, 15) is 0 Å². The van der Waals surface area contributed by atoms with E-state index in [0.29, 0.717) is 6.04 Å². The van der Waals surface area contributed by atoms with Gasteiger partial charge in [0, 0.05) is 51.0 Å². The molecule has 0 saturated carbocycles. The van der Waals surface area contributed by atoms with Crippen LogP contribution in [0.1, 0.15) is 31.4 Å². The highest BCUT2D eigenvalue weighted by molar-refractivity contribution is 5.47. The average Bonchev–Trinajstić information content (AvgIpc) is 2.79. The molecule has 0 bridgehead atoms. The Labute approximate surface area is 176 Å². The van der Waals surface area contributed by atoms with Gasteiger partial charge in [0.25, 0.3) is 0 Å². The number of nitrogens with one attached hydrogen (secondary N) is 1. The Hall–Kier alpha value is -2.04. The summed E-state index contributed by atoms with van der Waals surface area (Å²) in [4.78, 5) is 5.08. The molecule has 4 heteroatoms. The summed E-state index contributed by atoms with van der Waals surface area (Å²) in [6, 6.07) is 18.4. The molecule has 3 rings (SSSR count). The molecule has 1 saturated heterocycles. The number of hydrogen-bond acceptors (Lipinski definition) is 4. The van der Waals surface area contributed by atoms with Crippen LogP contribution in [-0.4, -0.2) is 57.3 Å². The van der Waals surface area contributed by atoms with Crippen LogP contribution in [0.4, 0.5) is 5.69 Å². The molecule has 1 fully saturated rings. The van der Waals surface area contributed by atoms with Gasteiger partial charge in [-0.3, -0.25) is 4.90 Å². The molecule has 1 heterocycles. The van der Waals surface area contributed by atoms with E-state index in [1.165, 1.54) is 23.2 Å². The van der Waals surface area contributed by atoms with Gasteiger partial charge in [-0.25, -0.2) is 0 Å². The van der Waals surface area contributed by atoms with Crippen LogP contribution in [0.15, 0.2) is 48.5 Å². The first-order chi connectivity index (χ1) is 14.2. The second-order valence-electron chi connectivity index (χ2n) is 7.87. The van der Waals surface area contributed by atoms with Crippen LogP contribution in [0.25, 0.3) is 0 Å². The number of rotatable bonds is 10. The van der Waals surface area contributed by atoms with Gasteiger partial charge in [-0.1, -0.05) is 24.3 Å². The number of methoxy groups -OCH3 is 1. The van der Waals surface area contributed by atoms with Gasteiger partial charge in [0.2, 0.25) is 0 Å². The fourth-order valence-corrected chi connectivity index (χ4v) is 4.29. The van der Waals surface area contributed by atoms with Crippen molar-refractivity contribution in [2.45, 2.75) is 39.2 Å². The lowest BCUT2D eigenvalue weighted by atomic mass is 9.97. The lowest BCUT2D eigenvalue weighted by Gasteiger charge is -2.35. The number of aryl methyl sites for hydroxylation is 1. The predicted molar refractivity (Wildman–Crippen MR) is 123 cm³/mol. The first kappa shape index (κ1) is 21.7. The van der Waals surface area contributed by atoms with Crippen molar-refractivity contribution in [1.82, 2.24) is 10.2 Å². The molecule has 4 nitrogen and oxygen atoms in total. The number of anilines is 1. The summed E-state index contributed by atoms with van der Waals surface area (Å²) in [5.74, 6) is 0.931. The minimum Gasteiger partial charge on any atom is -0.497 e. The van der Waals surface area contributed by atoms with Crippen LogP contribution in [0.2, 0.25) is 0 Å². The highest BCUT2D eigenvalue weighted by Gasteiger charge is 2.21. The maximum Gasteiger partial charge on any atom is 0.118 e. The van der Waals surface area contributed by atoms with E-state index in [-0.39, 0.29) is 0 Å². The lowest BCUT2D eigenvalue weighted by Crippen LogP contribution is -2.49. The number of piperazine rings is 1. The van der Waals surface area contributed by atoms with E-state index < -0.39 is 0 Å². The van der Waals surface area contributed by atoms with Crippen molar-refractivity contribution in [1.29, 1.82) is 0 Å². The maximum absolute atomic E-state index is 5.29. The summed E-state index contributed by atoms with van der Waals surface area (Å²) in [6.45, 7) is 11.0. The Balaban J connectivity index is 1.66. The summed E-state index contributed by atoms with van der Waals surface area (Å²) in [6.07, 6.45) is 3.41. The van der Waals surface area contributed by atoms with Crippen LogP contribution >= 0.6 is 0 Å². The average molecular weight is 396 g/mol. The van der Waals surface area contributed by atoms with E-state index in [2.05, 4.69) is 77.5 Å². The van der Waals surface area contributed by atoms with Crippen LogP contribution in [0.5, 0.6) is 5.75 Å². The fourth-order valence-electron chi connectivity index (χ4n) is 4.29. The van der Waals surface area contributed by atoms with Gasteiger partial charge in [-0.15, -0.1) is 0 Å². The summed E-state index contributed by atoms with van der Waals surface area (Å²) < 4.78 is 5.29. The van der Waals surface area contributed by atoms with Crippen molar-refractivity contribution in [3.05, 3.63) is 59.7 Å². The SMILES string of the molecule is CCN(CC)c1ccc(CC(CCc2ccc(OC)cc2)N2CCNCC2)cc1. The number of ether oxygens (including phenoxy) is 1. The van der Waals surface area contributed by atoms with Crippen molar-refractivity contribution < 1.29 is 4.74 Å². The van der Waals surface area contributed by atoms with Gasteiger partial charge in [-0.05, 0) is 68.5 Å². The summed E-state index contributed by atoms with van der Waals surface area (Å²) >= 11 is 0. The molecule has 0 amide bonds. The standard InChI is InChI=1S/C25H37N3O/c1-4-27(5-2)23-11-7-22(8-12-23)20-24(28-18-16-26-17-19-28)13-6-21-9-14-25(29-3)15-10-21/h7-12,14-15,24,26H,4-6,13,16-20H2,1-3H3. The zero-order chi connectivity index (χ0) is 20.5. The molecule has 1 atom stereocenters. The molecule has 2 aromatic rings. The second-order valence-corrected chi connectivity index (χ2v) is 7.87. The third-order valence-corrected chi connectivity index (χ3v) is 6.13. The van der Waals surface area contributed by atoms with Gasteiger partial charge < -0.3 is 15.0 Å². The third kappa shape index (κ3) is 6.22. The number of nitrogens with zero attached hydrogens (tertiary/aromatic N) is 2. The van der Waals surface area contributed by atoms with E-state index in [4.69, 9.17) is 4.74 Å². The Morgan fingerprint density at radius 1 is 0.931 bits per heavy atom. The third-order valence-electron chi connectivity index (χ3n) is 6.13. The van der Waals surface area contributed by atoms with E-state index in [0.717, 1.165) is 57.9 Å². The molecule has 0 spiro atoms. The quantitative estimate of drug-likeness (QED) is 0.658. The molecule has 1 aliphatic heterocycles. The van der Waals surface area contributed by atoms with Gasteiger partial charge in [0.1, 0.15) is 5.75 Å². The molecule has 0 radical (unpaired) electrons. The molecule has 1 N–H and O–H groups in total. The maximum atomic E-state index is 5.29. The van der Waals surface area contributed by atoms with Crippen LogP contribution < -0.4 is 15.0 Å². The largest absolute Gasteiger partial charge is 0.497 e. The van der Waals surface area contributed by atoms with Gasteiger partial charge in [-0.2, -0.15) is 0 Å². The molecule has 1 unspecified atom stereocenters. The van der Waals surface area contributed by atoms with Gasteiger partial charge in [0.15, 0.2) is 0 Å². The van der Waals surface area contributed by atoms with Crippen LogP contribution in [-0.2, 0) is 12.8 Å². The predicted octanol–water partition coefficient (Wildman–Crippen LogP) is 3.99. The second kappa shape index (κ2) is 11.2. The van der Waals surface area contributed by atoms with Crippen LogP contribution in [0.3, 0.4) is 0 Å². The first-order valence-corrected chi connectivity index (χ1v) is 11.1. The van der Waals surface area contributed by atoms with Gasteiger partial charge in [0.05, 0.1) is 7.11 Å². The van der Waals surface area contributed by atoms with Crippen molar-refractivity contribution in [2.75, 3.05) is 51.3 Å². The molecule has 158 valence electrons. The van der Waals surface area contributed by atoms with Crippen molar-refractivity contribution in [2.24, 2.45) is 0 Å². The van der Waals surface area contributed by atoms with Crippen molar-refractivity contribution in [3.8, 4) is 5.75 Å². The Kier molecular flexibility index (Phi) is 8.38. The summed E-state index contributed by atoms with van der Waals surface area (Å²) in [7, 11) is 1.72. The number of hydrogen-bond donors (Lipinski definition) is 1. The summed E-state index contributed by atoms with van der Waals surface area (Å²) in [5.41, 5.74) is 4.16. The summed E-state index contributed by atoms with van der Waals surface area (Å²) in [5, 5.41) is 3.49. The minimum atomic E-state index is 0.582. The van der Waals surface area contributed by atoms with E-state index >= 15 is 0 Å². The highest BCUT2D eigenvalue weighted by Crippen LogP contribution is 2.20. The Morgan fingerprint density at radius 2 is 1.55 bits per heavy atom. The smallest absolute Gasteiger partial charge is 0.118 e. The molecule has 29 heavy (non-hydrogen) atoms. The topological polar surface area (TPSA) is 27.7 Å². The van der Waals surface area contributed by atoms with E-state index in [1.807, 2.05) is 0 Å². The molecule has 0 aromatic heterocycles. The van der Waals surface area contributed by atoms with Crippen molar-refractivity contribution in [3.63, 3.8) is 0 Å². The normalized spacial score (nSPS) is 15.8. The molecular formula is C25H37N3O. The molecule has 2 aromatic carbocycles. The molecule has 1 aliphatic rings. The van der Waals surface area contributed by atoms with Crippen LogP contribution in [0, 0.1) is 0 Å². The zero-order valence-corrected chi connectivity index (χ0v) is 18.4. The highest BCUT2D eigenvalue weighted by atomic mass is 16.5. The first-order valence-electron chi connectivity index (χ1n) is 11.1. The monoisotopic (exact) mass is 395 g/mol. The van der Waals surface area contributed by atoms with Gasteiger partial charge >= 0.3 is 0 Å². The lowest BCUT2D eigenvalue weighted by molar-refractivity contribution is 0.164. The Morgan fingerprint density at radius 3 is 2.14 bits per heavy atom. The minimum absolute atomic E-state index is 0.582. The zero-order valence-electron chi connectivity index (χ0n) is 18.4. The Bertz CT molecular complexity index is 704. The number of benzene rings is 2. The molecular weight excluding hydrogens is 358 g/mol. The molecule has 0 aliphatic carbocycles. The van der Waals surface area contributed by atoms with Crippen molar-refractivity contribution >= 4 is 5.69 Å². The van der Waals surface area contributed by atoms with E-state index in [1.54, 1.807) is 7.11 Å².